The van der Waals surface area contributed by atoms with Crippen LogP contribution in [-0.2, 0) is 28.3 Å². The van der Waals surface area contributed by atoms with Crippen LogP contribution in [0.15, 0.2) is 29.3 Å². The third kappa shape index (κ3) is 9.34. The van der Waals surface area contributed by atoms with E-state index in [0.717, 1.165) is 48.4 Å². The number of thioether (sulfide) groups is 1. The Balaban J connectivity index is 0.000000646. The number of amides is 1. The van der Waals surface area contributed by atoms with Crippen LogP contribution in [0.3, 0.4) is 0 Å². The Morgan fingerprint density at radius 3 is 2.09 bits per heavy atom. The minimum atomic E-state index is -5.08. The van der Waals surface area contributed by atoms with Gasteiger partial charge in [-0.05, 0) is 61.9 Å². The zero-order valence-corrected chi connectivity index (χ0v) is 25.0. The van der Waals surface area contributed by atoms with Crippen molar-refractivity contribution in [3.05, 3.63) is 52.1 Å². The molecule has 13 heteroatoms. The quantitative estimate of drug-likeness (QED) is 0.393. The molecule has 0 atom stereocenters. The highest BCUT2D eigenvalue weighted by Crippen LogP contribution is 2.35. The van der Waals surface area contributed by atoms with Gasteiger partial charge in [0.2, 0.25) is 5.91 Å². The molecule has 43 heavy (non-hydrogen) atoms. The van der Waals surface area contributed by atoms with E-state index in [1.165, 1.54) is 32.9 Å². The number of hydrogen-bond acceptors (Lipinski definition) is 8. The summed E-state index contributed by atoms with van der Waals surface area (Å²) in [6.45, 7) is 8.21. The summed E-state index contributed by atoms with van der Waals surface area (Å²) in [5.74, 6) is -1.39. The molecule has 1 amide bonds. The Bertz CT molecular complexity index is 1360. The fourth-order valence-corrected chi connectivity index (χ4v) is 6.16. The van der Waals surface area contributed by atoms with Crippen LogP contribution < -0.4 is 10.2 Å². The van der Waals surface area contributed by atoms with Crippen LogP contribution in [0.2, 0.25) is 0 Å². The first-order valence-corrected chi connectivity index (χ1v) is 15.1. The second-order valence-corrected chi connectivity index (χ2v) is 11.3. The number of anilines is 1. The van der Waals surface area contributed by atoms with E-state index < -0.39 is 12.1 Å². The van der Waals surface area contributed by atoms with Gasteiger partial charge in [-0.2, -0.15) is 23.7 Å². The van der Waals surface area contributed by atoms with Crippen molar-refractivity contribution >= 4 is 29.5 Å². The SMILES string of the molecule is CCc1c(C#N)c(SCc2ccc(CNC(C)=O)cc2)nc(N2CCC(N3CCCC3)CC2)c1C#N.O=C(O)C(F)(F)F. The summed E-state index contributed by atoms with van der Waals surface area (Å²) in [4.78, 5) is 29.9. The minimum Gasteiger partial charge on any atom is -0.475 e. The lowest BCUT2D eigenvalue weighted by Crippen LogP contribution is -2.44. The summed E-state index contributed by atoms with van der Waals surface area (Å²) < 4.78 is 31.7. The predicted molar refractivity (Wildman–Crippen MR) is 156 cm³/mol. The van der Waals surface area contributed by atoms with Gasteiger partial charge in [0.25, 0.3) is 0 Å². The van der Waals surface area contributed by atoms with E-state index in [0.29, 0.717) is 40.9 Å². The molecule has 2 aromatic rings. The molecule has 2 saturated heterocycles. The van der Waals surface area contributed by atoms with E-state index in [1.807, 2.05) is 31.2 Å². The van der Waals surface area contributed by atoms with Crippen molar-refractivity contribution in [2.45, 2.75) is 75.5 Å². The number of hydrogen-bond donors (Lipinski definition) is 2. The van der Waals surface area contributed by atoms with Crippen LogP contribution in [0.1, 0.15) is 67.3 Å². The number of carbonyl (C=O) groups excluding carboxylic acids is 1. The van der Waals surface area contributed by atoms with Crippen molar-refractivity contribution in [3.8, 4) is 12.1 Å². The van der Waals surface area contributed by atoms with E-state index in [2.05, 4.69) is 27.3 Å². The molecule has 1 aromatic heterocycles. The molecule has 0 aliphatic carbocycles. The molecule has 2 aliphatic heterocycles. The van der Waals surface area contributed by atoms with Crippen LogP contribution in [0.4, 0.5) is 19.0 Å². The molecule has 0 radical (unpaired) electrons. The smallest absolute Gasteiger partial charge is 0.475 e. The number of aromatic nitrogens is 1. The van der Waals surface area contributed by atoms with Gasteiger partial charge in [0.1, 0.15) is 23.0 Å². The van der Waals surface area contributed by atoms with Gasteiger partial charge >= 0.3 is 12.1 Å². The molecule has 2 fully saturated rings. The third-order valence-corrected chi connectivity index (χ3v) is 8.48. The van der Waals surface area contributed by atoms with Gasteiger partial charge in [0.05, 0.1) is 11.1 Å². The van der Waals surface area contributed by atoms with Crippen LogP contribution in [-0.4, -0.2) is 65.3 Å². The van der Waals surface area contributed by atoms with Crippen LogP contribution in [0.5, 0.6) is 0 Å². The normalized spacial score (nSPS) is 15.7. The summed E-state index contributed by atoms with van der Waals surface area (Å²) in [7, 11) is 0. The first-order valence-electron chi connectivity index (χ1n) is 14.1. The van der Waals surface area contributed by atoms with E-state index in [1.54, 1.807) is 11.8 Å². The van der Waals surface area contributed by atoms with Gasteiger partial charge in [-0.1, -0.05) is 31.2 Å². The van der Waals surface area contributed by atoms with Gasteiger partial charge in [-0.25, -0.2) is 9.78 Å². The number of likely N-dealkylation sites (tertiary alicyclic amines) is 1. The van der Waals surface area contributed by atoms with E-state index in [-0.39, 0.29) is 5.91 Å². The number of pyridine rings is 1. The van der Waals surface area contributed by atoms with E-state index in [9.17, 15) is 28.5 Å². The number of carboxylic acid groups (broad SMARTS) is 1. The lowest BCUT2D eigenvalue weighted by molar-refractivity contribution is -0.192. The molecule has 9 nitrogen and oxygen atoms in total. The van der Waals surface area contributed by atoms with Gasteiger partial charge in [-0.15, -0.1) is 11.8 Å². The lowest BCUT2D eigenvalue weighted by atomic mass is 9.99. The number of carboxylic acids is 1. The van der Waals surface area contributed by atoms with Gasteiger partial charge in [-0.3, -0.25) is 4.79 Å². The van der Waals surface area contributed by atoms with Crippen LogP contribution in [0.25, 0.3) is 0 Å². The largest absolute Gasteiger partial charge is 0.490 e. The molecule has 4 rings (SSSR count). The van der Waals surface area contributed by atoms with Crippen molar-refractivity contribution in [1.82, 2.24) is 15.2 Å². The third-order valence-electron chi connectivity index (χ3n) is 7.43. The Morgan fingerprint density at radius 1 is 1.05 bits per heavy atom. The second kappa shape index (κ2) is 15.6. The predicted octanol–water partition coefficient (Wildman–Crippen LogP) is 5.01. The van der Waals surface area contributed by atoms with Crippen molar-refractivity contribution in [3.63, 3.8) is 0 Å². The summed E-state index contributed by atoms with van der Waals surface area (Å²) in [6.07, 6.45) is 0.308. The van der Waals surface area contributed by atoms with Crippen molar-refractivity contribution in [1.29, 1.82) is 10.5 Å². The number of nitrogens with zero attached hydrogens (tertiary/aromatic N) is 5. The average molecular weight is 617 g/mol. The lowest BCUT2D eigenvalue weighted by Gasteiger charge is -2.37. The summed E-state index contributed by atoms with van der Waals surface area (Å²) in [5, 5.41) is 30.7. The molecular formula is C30H35F3N6O3S. The number of nitrogens with one attached hydrogen (secondary N) is 1. The molecule has 2 N–H and O–H groups in total. The van der Waals surface area contributed by atoms with Crippen molar-refractivity contribution in [2.24, 2.45) is 0 Å². The Labute approximate surface area is 253 Å². The topological polar surface area (TPSA) is 133 Å². The minimum absolute atomic E-state index is 0.0478. The fourth-order valence-electron chi connectivity index (χ4n) is 5.20. The molecular weight excluding hydrogens is 581 g/mol. The maximum absolute atomic E-state index is 11.1. The van der Waals surface area contributed by atoms with E-state index >= 15 is 0 Å². The Hall–Kier alpha value is -3.81. The zero-order valence-electron chi connectivity index (χ0n) is 24.2. The number of piperidine rings is 1. The summed E-state index contributed by atoms with van der Waals surface area (Å²) in [5.41, 5.74) is 4.05. The molecule has 230 valence electrons. The Morgan fingerprint density at radius 2 is 1.60 bits per heavy atom. The Kier molecular flexibility index (Phi) is 12.2. The van der Waals surface area contributed by atoms with Crippen molar-refractivity contribution < 1.29 is 27.9 Å². The standard InChI is InChI=1S/C28H34N6OS.C2HF3O2/c1-3-24-25(16-29)27(34-14-10-23(11-15-34)33-12-4-5-13-33)32-28(26(24)17-30)36-19-22-8-6-21(7-9-22)18-31-20(2)35;3-2(4,5)1(6)7/h6-9,23H,3-5,10-15,18-19H2,1-2H3,(H,31,35);(H,6,7). The summed E-state index contributed by atoms with van der Waals surface area (Å²) >= 11 is 1.55. The monoisotopic (exact) mass is 616 g/mol. The first-order chi connectivity index (χ1) is 20.5. The number of rotatable bonds is 8. The maximum Gasteiger partial charge on any atom is 0.490 e. The average Bonchev–Trinajstić information content (AvgIpc) is 3.53. The van der Waals surface area contributed by atoms with Gasteiger partial charge < -0.3 is 20.2 Å². The highest BCUT2D eigenvalue weighted by molar-refractivity contribution is 7.98. The van der Waals surface area contributed by atoms with E-state index in [4.69, 9.17) is 14.9 Å². The summed E-state index contributed by atoms with van der Waals surface area (Å²) in [6, 6.07) is 13.5. The number of nitriles is 2. The molecule has 0 unspecified atom stereocenters. The highest BCUT2D eigenvalue weighted by atomic mass is 32.2. The van der Waals surface area contributed by atoms with Crippen LogP contribution in [0, 0.1) is 22.7 Å². The molecule has 2 aliphatic rings. The maximum atomic E-state index is 11.1. The highest BCUT2D eigenvalue weighted by Gasteiger charge is 2.38. The fraction of sp³-hybridized carbons (Fsp3) is 0.500. The molecule has 0 bridgehead atoms. The molecule has 0 saturated carbocycles. The molecule has 1 aromatic carbocycles. The number of halogens is 3. The number of carbonyl (C=O) groups is 2. The second-order valence-electron chi connectivity index (χ2n) is 10.3. The molecule has 0 spiro atoms. The number of aliphatic carboxylic acids is 1. The zero-order chi connectivity index (χ0) is 31.6. The van der Waals surface area contributed by atoms with Crippen molar-refractivity contribution in [2.75, 3.05) is 31.1 Å². The number of alkyl halides is 3. The van der Waals surface area contributed by atoms with Gasteiger partial charge in [0, 0.05) is 38.4 Å². The number of benzene rings is 1. The van der Waals surface area contributed by atoms with Crippen LogP contribution >= 0.6 is 11.8 Å². The first kappa shape index (κ1) is 33.7. The molecule has 3 heterocycles. The van der Waals surface area contributed by atoms with Gasteiger partial charge in [0.15, 0.2) is 0 Å².